The summed E-state index contributed by atoms with van der Waals surface area (Å²) in [5.74, 6) is 0. The van der Waals surface area contributed by atoms with Crippen molar-refractivity contribution in [3.8, 4) is 6.07 Å². The van der Waals surface area contributed by atoms with Gasteiger partial charge < -0.3 is 5.32 Å². The fourth-order valence-electron chi connectivity index (χ4n) is 1.82. The number of halogens is 1. The summed E-state index contributed by atoms with van der Waals surface area (Å²) in [6.07, 6.45) is 1.75. The molecule has 92 valence electrons. The van der Waals surface area contributed by atoms with Crippen LogP contribution in [-0.2, 0) is 7.05 Å². The molecular formula is C13H13ClN4. The van der Waals surface area contributed by atoms with E-state index in [1.54, 1.807) is 29.1 Å². The molecule has 0 bridgehead atoms. The predicted molar refractivity (Wildman–Crippen MR) is 71.4 cm³/mol. The van der Waals surface area contributed by atoms with Crippen LogP contribution in [0.4, 0.5) is 5.69 Å². The standard InChI is InChI=1S/C13H13ClN4/c1-9(13-5-6-16-18(13)2)17-12-7-10(8-15)3-4-11(12)14/h3-7,9,17H,1-2H3. The average Bonchev–Trinajstić information content (AvgIpc) is 2.78. The second-order valence-corrected chi connectivity index (χ2v) is 4.46. The number of aryl methyl sites for hydroxylation is 1. The lowest BCUT2D eigenvalue weighted by molar-refractivity contribution is 0.676. The molecule has 0 spiro atoms. The lowest BCUT2D eigenvalue weighted by atomic mass is 10.2. The Morgan fingerprint density at radius 3 is 2.83 bits per heavy atom. The first-order chi connectivity index (χ1) is 8.61. The van der Waals surface area contributed by atoms with Crippen molar-refractivity contribution in [1.82, 2.24) is 9.78 Å². The number of nitrogens with zero attached hydrogens (tertiary/aromatic N) is 3. The van der Waals surface area contributed by atoms with E-state index < -0.39 is 0 Å². The highest BCUT2D eigenvalue weighted by molar-refractivity contribution is 6.33. The van der Waals surface area contributed by atoms with Gasteiger partial charge in [-0.2, -0.15) is 10.4 Å². The van der Waals surface area contributed by atoms with E-state index in [9.17, 15) is 0 Å². The first-order valence-electron chi connectivity index (χ1n) is 5.56. The second-order valence-electron chi connectivity index (χ2n) is 4.05. The number of benzene rings is 1. The monoisotopic (exact) mass is 260 g/mol. The van der Waals surface area contributed by atoms with Crippen LogP contribution in [0.2, 0.25) is 5.02 Å². The molecule has 1 N–H and O–H groups in total. The summed E-state index contributed by atoms with van der Waals surface area (Å²) < 4.78 is 1.81. The third kappa shape index (κ3) is 2.47. The molecule has 0 fully saturated rings. The highest BCUT2D eigenvalue weighted by Crippen LogP contribution is 2.26. The van der Waals surface area contributed by atoms with Gasteiger partial charge in [-0.05, 0) is 31.2 Å². The Morgan fingerprint density at radius 1 is 1.44 bits per heavy atom. The Balaban J connectivity index is 2.24. The van der Waals surface area contributed by atoms with E-state index >= 15 is 0 Å². The summed E-state index contributed by atoms with van der Waals surface area (Å²) in [6, 6.07) is 9.26. The average molecular weight is 261 g/mol. The highest BCUT2D eigenvalue weighted by Gasteiger charge is 2.11. The fraction of sp³-hybridized carbons (Fsp3) is 0.231. The highest BCUT2D eigenvalue weighted by atomic mass is 35.5. The number of anilines is 1. The summed E-state index contributed by atoms with van der Waals surface area (Å²) in [6.45, 7) is 2.02. The van der Waals surface area contributed by atoms with Gasteiger partial charge in [-0.3, -0.25) is 4.68 Å². The molecule has 2 aromatic rings. The maximum atomic E-state index is 8.88. The molecule has 0 saturated heterocycles. The van der Waals surface area contributed by atoms with Crippen molar-refractivity contribution in [3.05, 3.63) is 46.7 Å². The Hall–Kier alpha value is -1.99. The van der Waals surface area contributed by atoms with Crippen LogP contribution in [0.5, 0.6) is 0 Å². The maximum absolute atomic E-state index is 8.88. The molecule has 1 heterocycles. The molecule has 0 radical (unpaired) electrons. The molecule has 1 unspecified atom stereocenters. The van der Waals surface area contributed by atoms with Gasteiger partial charge in [0, 0.05) is 13.2 Å². The Morgan fingerprint density at radius 2 is 2.22 bits per heavy atom. The van der Waals surface area contributed by atoms with Crippen LogP contribution in [0.25, 0.3) is 0 Å². The number of hydrogen-bond donors (Lipinski definition) is 1. The quantitative estimate of drug-likeness (QED) is 0.923. The molecule has 0 aliphatic heterocycles. The molecular weight excluding hydrogens is 248 g/mol. The zero-order chi connectivity index (χ0) is 13.1. The van der Waals surface area contributed by atoms with Crippen molar-refractivity contribution in [1.29, 1.82) is 5.26 Å². The van der Waals surface area contributed by atoms with Crippen molar-refractivity contribution in [2.45, 2.75) is 13.0 Å². The van der Waals surface area contributed by atoms with E-state index in [1.165, 1.54) is 0 Å². The third-order valence-corrected chi connectivity index (χ3v) is 3.10. The second kappa shape index (κ2) is 5.11. The molecule has 0 amide bonds. The van der Waals surface area contributed by atoms with Crippen molar-refractivity contribution in [3.63, 3.8) is 0 Å². The molecule has 1 aromatic heterocycles. The molecule has 5 heteroatoms. The molecule has 18 heavy (non-hydrogen) atoms. The molecule has 0 saturated carbocycles. The van der Waals surface area contributed by atoms with Crippen LogP contribution in [0.3, 0.4) is 0 Å². The van der Waals surface area contributed by atoms with E-state index in [0.29, 0.717) is 10.6 Å². The van der Waals surface area contributed by atoms with Crippen LogP contribution >= 0.6 is 11.6 Å². The van der Waals surface area contributed by atoms with Crippen LogP contribution in [-0.4, -0.2) is 9.78 Å². The number of hydrogen-bond acceptors (Lipinski definition) is 3. The SMILES string of the molecule is CC(Nc1cc(C#N)ccc1Cl)c1ccnn1C. The lowest BCUT2D eigenvalue weighted by Gasteiger charge is -2.16. The van der Waals surface area contributed by atoms with Crippen molar-refractivity contribution in [2.24, 2.45) is 7.05 Å². The van der Waals surface area contributed by atoms with E-state index in [0.717, 1.165) is 11.4 Å². The van der Waals surface area contributed by atoms with Crippen LogP contribution in [0.1, 0.15) is 24.2 Å². The summed E-state index contributed by atoms with van der Waals surface area (Å²) in [7, 11) is 1.89. The zero-order valence-corrected chi connectivity index (χ0v) is 10.9. The Kier molecular flexibility index (Phi) is 3.54. The topological polar surface area (TPSA) is 53.6 Å². The van der Waals surface area contributed by atoms with E-state index in [-0.39, 0.29) is 6.04 Å². The molecule has 0 aliphatic carbocycles. The molecule has 1 aromatic carbocycles. The number of rotatable bonds is 3. The minimum atomic E-state index is 0.0592. The van der Waals surface area contributed by atoms with Gasteiger partial charge in [0.2, 0.25) is 0 Å². The van der Waals surface area contributed by atoms with Gasteiger partial charge in [-0.1, -0.05) is 11.6 Å². The van der Waals surface area contributed by atoms with Gasteiger partial charge in [0.05, 0.1) is 34.1 Å². The normalized spacial score (nSPS) is 11.9. The fourth-order valence-corrected chi connectivity index (χ4v) is 1.99. The maximum Gasteiger partial charge on any atom is 0.0992 e. The largest absolute Gasteiger partial charge is 0.376 e. The zero-order valence-electron chi connectivity index (χ0n) is 10.2. The lowest BCUT2D eigenvalue weighted by Crippen LogP contribution is -2.11. The predicted octanol–water partition coefficient (Wildman–Crippen LogP) is 3.12. The minimum absolute atomic E-state index is 0.0592. The first-order valence-corrected chi connectivity index (χ1v) is 5.93. The van der Waals surface area contributed by atoms with E-state index in [4.69, 9.17) is 16.9 Å². The third-order valence-electron chi connectivity index (χ3n) is 2.77. The van der Waals surface area contributed by atoms with E-state index in [1.807, 2.05) is 20.0 Å². The van der Waals surface area contributed by atoms with Crippen LogP contribution in [0.15, 0.2) is 30.5 Å². The van der Waals surface area contributed by atoms with Crippen molar-refractivity contribution < 1.29 is 0 Å². The molecule has 1 atom stereocenters. The number of nitriles is 1. The number of nitrogens with one attached hydrogen (secondary N) is 1. The van der Waals surface area contributed by atoms with Gasteiger partial charge in [-0.25, -0.2) is 0 Å². The smallest absolute Gasteiger partial charge is 0.0992 e. The van der Waals surface area contributed by atoms with Gasteiger partial charge in [0.1, 0.15) is 0 Å². The summed E-state index contributed by atoms with van der Waals surface area (Å²) in [5.41, 5.74) is 2.39. The van der Waals surface area contributed by atoms with Gasteiger partial charge in [0.25, 0.3) is 0 Å². The first kappa shape index (κ1) is 12.5. The number of aromatic nitrogens is 2. The molecule has 2 rings (SSSR count). The molecule has 4 nitrogen and oxygen atoms in total. The van der Waals surface area contributed by atoms with Gasteiger partial charge in [0.15, 0.2) is 0 Å². The summed E-state index contributed by atoms with van der Waals surface area (Å²) >= 11 is 6.10. The van der Waals surface area contributed by atoms with Gasteiger partial charge >= 0.3 is 0 Å². The summed E-state index contributed by atoms with van der Waals surface area (Å²) in [4.78, 5) is 0. The Bertz CT molecular complexity index is 597. The van der Waals surface area contributed by atoms with E-state index in [2.05, 4.69) is 16.5 Å². The molecule has 0 aliphatic rings. The van der Waals surface area contributed by atoms with Gasteiger partial charge in [-0.15, -0.1) is 0 Å². The van der Waals surface area contributed by atoms with Crippen molar-refractivity contribution >= 4 is 17.3 Å². The summed E-state index contributed by atoms with van der Waals surface area (Å²) in [5, 5.41) is 16.9. The van der Waals surface area contributed by atoms with Crippen LogP contribution < -0.4 is 5.32 Å². The van der Waals surface area contributed by atoms with Crippen molar-refractivity contribution in [2.75, 3.05) is 5.32 Å². The minimum Gasteiger partial charge on any atom is -0.376 e. The Labute approximate surface area is 111 Å². The van der Waals surface area contributed by atoms with Crippen LogP contribution in [0, 0.1) is 11.3 Å².